The molecule has 0 radical (unpaired) electrons. The highest BCUT2D eigenvalue weighted by Gasteiger charge is 2.40. The minimum Gasteiger partial charge on any atom is -0.369 e. The van der Waals surface area contributed by atoms with Crippen LogP contribution in [0.15, 0.2) is 54.1 Å². The molecule has 2 amide bonds. The molecule has 2 aliphatic rings. The molecule has 2 N–H and O–H groups in total. The number of aliphatic hydroxyl groups is 1. The summed E-state index contributed by atoms with van der Waals surface area (Å²) < 4.78 is 0. The fraction of sp³-hybridized carbons (Fsp3) is 0.300. The number of aliphatic hydroxyl groups excluding tert-OH is 1. The van der Waals surface area contributed by atoms with Gasteiger partial charge in [-0.15, -0.1) is 0 Å². The second-order valence-corrected chi connectivity index (χ2v) is 6.90. The number of anilines is 1. The Morgan fingerprint density at radius 2 is 2.04 bits per heavy atom. The van der Waals surface area contributed by atoms with Gasteiger partial charge in [0.2, 0.25) is 5.91 Å². The van der Waals surface area contributed by atoms with Crippen LogP contribution in [-0.4, -0.2) is 63.1 Å². The molecule has 144 valence electrons. The van der Waals surface area contributed by atoms with Crippen molar-refractivity contribution in [2.24, 2.45) is 0 Å². The van der Waals surface area contributed by atoms with Crippen LogP contribution in [0.4, 0.5) is 5.82 Å². The van der Waals surface area contributed by atoms with Crippen molar-refractivity contribution in [3.63, 3.8) is 0 Å². The predicted octanol–water partition coefficient (Wildman–Crippen LogP) is 1.22. The van der Waals surface area contributed by atoms with E-state index in [4.69, 9.17) is 0 Å². The summed E-state index contributed by atoms with van der Waals surface area (Å²) >= 11 is 0. The Bertz CT molecular complexity index is 927. The maximum absolute atomic E-state index is 12.5. The fourth-order valence-electron chi connectivity index (χ4n) is 3.63. The van der Waals surface area contributed by atoms with E-state index in [0.717, 1.165) is 17.5 Å². The number of hydrogen-bond donors (Lipinski definition) is 2. The average molecular weight is 379 g/mol. The first-order chi connectivity index (χ1) is 13.5. The largest absolute Gasteiger partial charge is 0.369 e. The average Bonchev–Trinajstić information content (AvgIpc) is 2.94. The lowest BCUT2D eigenvalue weighted by Crippen LogP contribution is -2.38. The highest BCUT2D eigenvalue weighted by atomic mass is 16.3. The molecule has 8 heteroatoms. The smallest absolute Gasteiger partial charge is 0.272 e. The number of nitrogens with zero attached hydrogens (tertiary/aromatic N) is 4. The molecule has 2 aliphatic heterocycles. The molecule has 1 atom stereocenters. The Balaban J connectivity index is 1.43. The monoisotopic (exact) mass is 379 g/mol. The lowest BCUT2D eigenvalue weighted by molar-refractivity contribution is -0.131. The van der Waals surface area contributed by atoms with Gasteiger partial charge >= 0.3 is 0 Å². The van der Waals surface area contributed by atoms with Crippen LogP contribution in [-0.2, 0) is 9.59 Å². The van der Waals surface area contributed by atoms with Gasteiger partial charge in [0.05, 0.1) is 6.54 Å². The molecule has 0 fully saturated rings. The Hall–Kier alpha value is -3.26. The molecule has 1 unspecified atom stereocenters. The SMILES string of the molecule is CN1C(=O)C2=C(CCCN2CC(=O)Nc2ccc(-c3ccncc3)cn2)C1O. The molecule has 4 heterocycles. The van der Waals surface area contributed by atoms with E-state index in [9.17, 15) is 14.7 Å². The molecule has 0 saturated heterocycles. The van der Waals surface area contributed by atoms with Gasteiger partial charge in [0.25, 0.3) is 5.91 Å². The minimum absolute atomic E-state index is 0.0406. The Morgan fingerprint density at radius 3 is 2.75 bits per heavy atom. The van der Waals surface area contributed by atoms with Crippen molar-refractivity contribution in [3.8, 4) is 11.1 Å². The summed E-state index contributed by atoms with van der Waals surface area (Å²) in [6, 6.07) is 7.40. The van der Waals surface area contributed by atoms with Crippen LogP contribution >= 0.6 is 0 Å². The van der Waals surface area contributed by atoms with Crippen LogP contribution in [0, 0.1) is 0 Å². The summed E-state index contributed by atoms with van der Waals surface area (Å²) in [6.07, 6.45) is 5.69. The van der Waals surface area contributed by atoms with E-state index in [1.165, 1.54) is 4.90 Å². The van der Waals surface area contributed by atoms with Crippen molar-refractivity contribution in [1.82, 2.24) is 19.8 Å². The number of likely N-dealkylation sites (N-methyl/N-ethyl adjacent to an activating group) is 1. The molecule has 2 aromatic rings. The third-order valence-corrected chi connectivity index (χ3v) is 5.08. The highest BCUT2D eigenvalue weighted by Crippen LogP contribution is 2.32. The molecule has 0 aromatic carbocycles. The van der Waals surface area contributed by atoms with E-state index in [1.54, 1.807) is 36.6 Å². The van der Waals surface area contributed by atoms with Crippen molar-refractivity contribution in [3.05, 3.63) is 54.1 Å². The van der Waals surface area contributed by atoms with Gasteiger partial charge in [0.1, 0.15) is 11.5 Å². The first kappa shape index (κ1) is 18.1. The lowest BCUT2D eigenvalue weighted by atomic mass is 10.0. The van der Waals surface area contributed by atoms with Crippen LogP contribution < -0.4 is 5.32 Å². The zero-order chi connectivity index (χ0) is 19.7. The van der Waals surface area contributed by atoms with E-state index in [2.05, 4.69) is 15.3 Å². The first-order valence-corrected chi connectivity index (χ1v) is 9.14. The molecular weight excluding hydrogens is 358 g/mol. The van der Waals surface area contributed by atoms with Crippen LogP contribution in [0.25, 0.3) is 11.1 Å². The lowest BCUT2D eigenvalue weighted by Gasteiger charge is -2.28. The quantitative estimate of drug-likeness (QED) is 0.829. The van der Waals surface area contributed by atoms with E-state index in [1.807, 2.05) is 18.2 Å². The third kappa shape index (κ3) is 3.34. The van der Waals surface area contributed by atoms with Gasteiger partial charge in [-0.3, -0.25) is 14.6 Å². The van der Waals surface area contributed by atoms with Crippen molar-refractivity contribution in [2.45, 2.75) is 19.1 Å². The molecule has 0 bridgehead atoms. The van der Waals surface area contributed by atoms with Crippen LogP contribution in [0.2, 0.25) is 0 Å². The zero-order valence-electron chi connectivity index (χ0n) is 15.5. The minimum atomic E-state index is -0.893. The normalized spacial score (nSPS) is 19.1. The number of hydrogen-bond acceptors (Lipinski definition) is 6. The van der Waals surface area contributed by atoms with Crippen molar-refractivity contribution in [2.75, 3.05) is 25.5 Å². The van der Waals surface area contributed by atoms with E-state index in [-0.39, 0.29) is 18.4 Å². The van der Waals surface area contributed by atoms with Crippen molar-refractivity contribution < 1.29 is 14.7 Å². The van der Waals surface area contributed by atoms with Gasteiger partial charge in [-0.1, -0.05) is 0 Å². The van der Waals surface area contributed by atoms with Gasteiger partial charge in [-0.25, -0.2) is 4.98 Å². The number of pyridine rings is 2. The molecule has 28 heavy (non-hydrogen) atoms. The van der Waals surface area contributed by atoms with Gasteiger partial charge in [0.15, 0.2) is 6.23 Å². The summed E-state index contributed by atoms with van der Waals surface area (Å²) in [5.41, 5.74) is 3.08. The van der Waals surface area contributed by atoms with E-state index < -0.39 is 6.23 Å². The highest BCUT2D eigenvalue weighted by molar-refractivity contribution is 5.98. The maximum atomic E-state index is 12.5. The number of aromatic nitrogens is 2. The summed E-state index contributed by atoms with van der Waals surface area (Å²) in [7, 11) is 1.57. The number of carbonyl (C=O) groups is 2. The maximum Gasteiger partial charge on any atom is 0.272 e. The van der Waals surface area contributed by atoms with Crippen LogP contribution in [0.1, 0.15) is 12.8 Å². The summed E-state index contributed by atoms with van der Waals surface area (Å²) in [5.74, 6) is -0.0477. The molecule has 0 aliphatic carbocycles. The molecule has 2 aromatic heterocycles. The molecule has 0 spiro atoms. The number of rotatable bonds is 4. The van der Waals surface area contributed by atoms with Gasteiger partial charge in [-0.05, 0) is 42.7 Å². The molecular formula is C20H21N5O3. The number of carbonyl (C=O) groups excluding carboxylic acids is 2. The molecule has 0 saturated carbocycles. The zero-order valence-corrected chi connectivity index (χ0v) is 15.5. The van der Waals surface area contributed by atoms with Crippen LogP contribution in [0.5, 0.6) is 0 Å². The van der Waals surface area contributed by atoms with Gasteiger partial charge in [0, 0.05) is 43.3 Å². The van der Waals surface area contributed by atoms with E-state index in [0.29, 0.717) is 30.1 Å². The third-order valence-electron chi connectivity index (χ3n) is 5.08. The van der Waals surface area contributed by atoms with E-state index >= 15 is 0 Å². The number of nitrogens with one attached hydrogen (secondary N) is 1. The number of amides is 2. The predicted molar refractivity (Wildman–Crippen MR) is 103 cm³/mol. The standard InChI is InChI=1S/C20H21N5O3/c1-24-19(27)15-3-2-10-25(18(15)20(24)28)12-17(26)23-16-5-4-14(11-22-16)13-6-8-21-9-7-13/h4-9,11,19,27H,2-3,10,12H2,1H3,(H,22,23,26). The second kappa shape index (κ2) is 7.40. The molecule has 4 rings (SSSR count). The van der Waals surface area contributed by atoms with Crippen LogP contribution in [0.3, 0.4) is 0 Å². The van der Waals surface area contributed by atoms with Gasteiger partial charge in [-0.2, -0.15) is 0 Å². The second-order valence-electron chi connectivity index (χ2n) is 6.90. The Labute approximate surface area is 162 Å². The fourth-order valence-corrected chi connectivity index (χ4v) is 3.63. The molecule has 8 nitrogen and oxygen atoms in total. The van der Waals surface area contributed by atoms with Gasteiger partial charge < -0.3 is 20.2 Å². The van der Waals surface area contributed by atoms with Crippen molar-refractivity contribution in [1.29, 1.82) is 0 Å². The summed E-state index contributed by atoms with van der Waals surface area (Å²) in [6.45, 7) is 0.645. The Kier molecular flexibility index (Phi) is 4.79. The Morgan fingerprint density at radius 1 is 1.25 bits per heavy atom. The summed E-state index contributed by atoms with van der Waals surface area (Å²) in [5, 5.41) is 12.9. The summed E-state index contributed by atoms with van der Waals surface area (Å²) in [4.78, 5) is 36.2. The topological polar surface area (TPSA) is 98.7 Å². The van der Waals surface area contributed by atoms with Crippen molar-refractivity contribution >= 4 is 17.6 Å². The first-order valence-electron chi connectivity index (χ1n) is 9.14.